The van der Waals surface area contributed by atoms with E-state index in [4.69, 9.17) is 16.3 Å². The third kappa shape index (κ3) is 6.58. The van der Waals surface area contributed by atoms with E-state index in [2.05, 4.69) is 5.32 Å². The number of nitrogens with one attached hydrogen (secondary N) is 1. The van der Waals surface area contributed by atoms with E-state index in [1.165, 1.54) is 10.6 Å². The number of carbonyl (C=O) groups is 2. The Labute approximate surface area is 177 Å². The molecule has 1 aliphatic rings. The van der Waals surface area contributed by atoms with Gasteiger partial charge in [0.05, 0.1) is 11.3 Å². The molecule has 1 aromatic carbocycles. The SMILES string of the molecule is CCN(CC)C(=O)COc1ccc(NC(=O)C2CCN(S(C)(=O)=O)CC2)cc1Cl. The Morgan fingerprint density at radius 3 is 2.38 bits per heavy atom. The molecular weight excluding hydrogens is 418 g/mol. The minimum Gasteiger partial charge on any atom is -0.482 e. The number of nitrogens with zero attached hydrogens (tertiary/aromatic N) is 2. The number of benzene rings is 1. The third-order valence-electron chi connectivity index (χ3n) is 4.96. The van der Waals surface area contributed by atoms with Crippen molar-refractivity contribution in [2.45, 2.75) is 26.7 Å². The summed E-state index contributed by atoms with van der Waals surface area (Å²) in [5, 5.41) is 3.11. The van der Waals surface area contributed by atoms with E-state index >= 15 is 0 Å². The second-order valence-electron chi connectivity index (χ2n) is 6.93. The third-order valence-corrected chi connectivity index (χ3v) is 6.56. The van der Waals surface area contributed by atoms with Gasteiger partial charge in [0.2, 0.25) is 15.9 Å². The summed E-state index contributed by atoms with van der Waals surface area (Å²) in [5.41, 5.74) is 0.521. The number of ether oxygens (including phenoxy) is 1. The Hall–Kier alpha value is -1.84. The minimum atomic E-state index is -3.22. The van der Waals surface area contributed by atoms with E-state index in [0.29, 0.717) is 55.5 Å². The van der Waals surface area contributed by atoms with Crippen molar-refractivity contribution in [3.05, 3.63) is 23.2 Å². The smallest absolute Gasteiger partial charge is 0.260 e. The van der Waals surface area contributed by atoms with Gasteiger partial charge in [0.1, 0.15) is 5.75 Å². The van der Waals surface area contributed by atoms with Crippen LogP contribution in [0.5, 0.6) is 5.75 Å². The average molecular weight is 446 g/mol. The molecule has 1 aliphatic heterocycles. The van der Waals surface area contributed by atoms with Crippen LogP contribution < -0.4 is 10.1 Å². The Morgan fingerprint density at radius 1 is 1.24 bits per heavy atom. The molecule has 0 radical (unpaired) electrons. The number of hydrogen-bond donors (Lipinski definition) is 1. The van der Waals surface area contributed by atoms with Gasteiger partial charge in [0, 0.05) is 37.8 Å². The highest BCUT2D eigenvalue weighted by atomic mass is 35.5. The molecule has 1 saturated heterocycles. The van der Waals surface area contributed by atoms with Gasteiger partial charge < -0.3 is 15.0 Å². The van der Waals surface area contributed by atoms with Crippen LogP contribution in [-0.2, 0) is 19.6 Å². The van der Waals surface area contributed by atoms with Crippen molar-refractivity contribution in [3.8, 4) is 5.75 Å². The highest BCUT2D eigenvalue weighted by Gasteiger charge is 2.29. The van der Waals surface area contributed by atoms with E-state index in [-0.39, 0.29) is 24.3 Å². The normalized spacial score (nSPS) is 15.7. The Kier molecular flexibility index (Phi) is 8.30. The molecule has 10 heteroatoms. The second kappa shape index (κ2) is 10.3. The summed E-state index contributed by atoms with van der Waals surface area (Å²) in [6, 6.07) is 4.84. The fourth-order valence-electron chi connectivity index (χ4n) is 3.20. The van der Waals surface area contributed by atoms with Crippen LogP contribution in [0.25, 0.3) is 0 Å². The number of sulfonamides is 1. The average Bonchev–Trinajstić information content (AvgIpc) is 2.67. The maximum Gasteiger partial charge on any atom is 0.260 e. The first-order valence-electron chi connectivity index (χ1n) is 9.61. The van der Waals surface area contributed by atoms with Crippen LogP contribution >= 0.6 is 11.6 Å². The predicted molar refractivity (Wildman–Crippen MR) is 113 cm³/mol. The van der Waals surface area contributed by atoms with Crippen LogP contribution in [0.3, 0.4) is 0 Å². The molecule has 1 N–H and O–H groups in total. The van der Waals surface area contributed by atoms with Crippen molar-refractivity contribution in [1.82, 2.24) is 9.21 Å². The molecule has 1 heterocycles. The Morgan fingerprint density at radius 2 is 1.86 bits per heavy atom. The van der Waals surface area contributed by atoms with Crippen molar-refractivity contribution in [2.75, 3.05) is 44.4 Å². The molecule has 29 heavy (non-hydrogen) atoms. The van der Waals surface area contributed by atoms with Crippen molar-refractivity contribution in [3.63, 3.8) is 0 Å². The summed E-state index contributed by atoms with van der Waals surface area (Å²) in [4.78, 5) is 26.2. The van der Waals surface area contributed by atoms with Crippen LogP contribution in [0.1, 0.15) is 26.7 Å². The van der Waals surface area contributed by atoms with Gasteiger partial charge in [0.25, 0.3) is 5.91 Å². The molecule has 0 spiro atoms. The molecule has 2 rings (SSSR count). The zero-order valence-corrected chi connectivity index (χ0v) is 18.6. The Balaban J connectivity index is 1.90. The summed E-state index contributed by atoms with van der Waals surface area (Å²) in [7, 11) is -3.22. The molecule has 0 bridgehead atoms. The van der Waals surface area contributed by atoms with E-state index in [1.807, 2.05) is 13.8 Å². The topological polar surface area (TPSA) is 96.0 Å². The predicted octanol–water partition coefficient (Wildman–Crippen LogP) is 2.20. The molecule has 0 unspecified atom stereocenters. The standard InChI is InChI=1S/C19H28ClN3O5S/c1-4-22(5-2)18(24)13-28-17-7-6-15(12-16(17)20)21-19(25)14-8-10-23(11-9-14)29(3,26)27/h6-7,12,14H,4-5,8-11,13H2,1-3H3,(H,21,25). The lowest BCUT2D eigenvalue weighted by Gasteiger charge is -2.29. The summed E-state index contributed by atoms with van der Waals surface area (Å²) in [5.74, 6) is -0.176. The maximum atomic E-state index is 12.5. The Bertz CT molecular complexity index is 834. The summed E-state index contributed by atoms with van der Waals surface area (Å²) < 4.78 is 30.0. The molecule has 0 atom stereocenters. The fourth-order valence-corrected chi connectivity index (χ4v) is 4.31. The van der Waals surface area contributed by atoms with E-state index in [0.717, 1.165) is 0 Å². The summed E-state index contributed by atoms with van der Waals surface area (Å²) in [6.07, 6.45) is 2.12. The van der Waals surface area contributed by atoms with Crippen molar-refractivity contribution >= 4 is 39.1 Å². The maximum absolute atomic E-state index is 12.5. The molecule has 0 aromatic heterocycles. The lowest BCUT2D eigenvalue weighted by Crippen LogP contribution is -2.40. The number of hydrogen-bond acceptors (Lipinski definition) is 5. The minimum absolute atomic E-state index is 0.105. The van der Waals surface area contributed by atoms with Crippen molar-refractivity contribution in [2.24, 2.45) is 5.92 Å². The van der Waals surface area contributed by atoms with Crippen LogP contribution in [0.2, 0.25) is 5.02 Å². The van der Waals surface area contributed by atoms with Gasteiger partial charge in [-0.3, -0.25) is 9.59 Å². The van der Waals surface area contributed by atoms with Gasteiger partial charge in [-0.1, -0.05) is 11.6 Å². The lowest BCUT2D eigenvalue weighted by molar-refractivity contribution is -0.133. The second-order valence-corrected chi connectivity index (χ2v) is 9.32. The molecule has 1 aromatic rings. The highest BCUT2D eigenvalue weighted by Crippen LogP contribution is 2.29. The van der Waals surface area contributed by atoms with Crippen molar-refractivity contribution < 1.29 is 22.7 Å². The van der Waals surface area contributed by atoms with Crippen LogP contribution in [0, 0.1) is 5.92 Å². The molecule has 162 valence electrons. The quantitative estimate of drug-likeness (QED) is 0.661. The van der Waals surface area contributed by atoms with Gasteiger partial charge in [-0.15, -0.1) is 0 Å². The number of rotatable bonds is 8. The number of likely N-dealkylation sites (N-methyl/N-ethyl adjacent to an activating group) is 1. The fraction of sp³-hybridized carbons (Fsp3) is 0.579. The van der Waals surface area contributed by atoms with Gasteiger partial charge in [0.15, 0.2) is 6.61 Å². The molecule has 8 nitrogen and oxygen atoms in total. The molecular formula is C19H28ClN3O5S. The van der Waals surface area contributed by atoms with Crippen LogP contribution in [0.15, 0.2) is 18.2 Å². The first-order valence-corrected chi connectivity index (χ1v) is 11.8. The van der Waals surface area contributed by atoms with E-state index < -0.39 is 10.0 Å². The molecule has 2 amide bonds. The zero-order valence-electron chi connectivity index (χ0n) is 17.0. The molecule has 1 fully saturated rings. The van der Waals surface area contributed by atoms with Gasteiger partial charge in [-0.25, -0.2) is 12.7 Å². The van der Waals surface area contributed by atoms with E-state index in [9.17, 15) is 18.0 Å². The van der Waals surface area contributed by atoms with Gasteiger partial charge >= 0.3 is 0 Å². The van der Waals surface area contributed by atoms with Crippen molar-refractivity contribution in [1.29, 1.82) is 0 Å². The molecule has 0 saturated carbocycles. The van der Waals surface area contributed by atoms with Crippen LogP contribution in [0.4, 0.5) is 5.69 Å². The largest absolute Gasteiger partial charge is 0.482 e. The number of anilines is 1. The number of carbonyl (C=O) groups excluding carboxylic acids is 2. The highest BCUT2D eigenvalue weighted by molar-refractivity contribution is 7.88. The van der Waals surface area contributed by atoms with Crippen LogP contribution in [-0.4, -0.2) is 68.5 Å². The molecule has 0 aliphatic carbocycles. The monoisotopic (exact) mass is 445 g/mol. The number of halogens is 1. The lowest BCUT2D eigenvalue weighted by atomic mass is 9.97. The van der Waals surface area contributed by atoms with E-state index in [1.54, 1.807) is 23.1 Å². The van der Waals surface area contributed by atoms with Gasteiger partial charge in [-0.2, -0.15) is 0 Å². The number of amides is 2. The first kappa shape index (κ1) is 23.4. The zero-order chi connectivity index (χ0) is 21.6. The number of piperidine rings is 1. The van der Waals surface area contributed by atoms with Gasteiger partial charge in [-0.05, 0) is 44.9 Å². The summed E-state index contributed by atoms with van der Waals surface area (Å²) in [6.45, 7) is 5.59. The first-order chi connectivity index (χ1) is 13.7. The summed E-state index contributed by atoms with van der Waals surface area (Å²) >= 11 is 6.22.